The summed E-state index contributed by atoms with van der Waals surface area (Å²) in [6, 6.07) is 0. The van der Waals surface area contributed by atoms with Crippen molar-refractivity contribution in [2.45, 2.75) is 77.7 Å². The Labute approximate surface area is 113 Å². The molecule has 0 radical (unpaired) electrons. The van der Waals surface area contributed by atoms with E-state index in [0.29, 0.717) is 5.54 Å². The topological polar surface area (TPSA) is 27.7 Å². The van der Waals surface area contributed by atoms with Crippen LogP contribution in [-0.4, -0.2) is 34.0 Å². The maximum absolute atomic E-state index is 6.45. The van der Waals surface area contributed by atoms with Crippen molar-refractivity contribution in [1.29, 1.82) is 0 Å². The van der Waals surface area contributed by atoms with Gasteiger partial charge < -0.3 is 13.6 Å². The normalized spacial score (nSPS) is 19.7. The van der Waals surface area contributed by atoms with Crippen molar-refractivity contribution in [2.75, 3.05) is 13.2 Å². The smallest absolute Gasteiger partial charge is 0.352 e. The molecule has 0 aromatic rings. The molecule has 0 unspecified atom stereocenters. The van der Waals surface area contributed by atoms with Crippen molar-refractivity contribution in [3.05, 3.63) is 0 Å². The molecule has 0 N–H and O–H groups in total. The summed E-state index contributed by atoms with van der Waals surface area (Å²) in [5.74, 6) is 0. The van der Waals surface area contributed by atoms with Crippen LogP contribution >= 0.6 is 0 Å². The Balaban J connectivity index is 3.10. The first-order chi connectivity index (χ1) is 8.29. The Morgan fingerprint density at radius 2 is 1.44 bits per heavy atom. The van der Waals surface area contributed by atoms with Crippen LogP contribution in [0, 0.1) is 0 Å². The molecule has 1 aliphatic rings. The van der Waals surface area contributed by atoms with E-state index in [9.17, 15) is 0 Å². The first-order valence-electron chi connectivity index (χ1n) is 7.23. The molecule has 1 fully saturated rings. The van der Waals surface area contributed by atoms with Crippen LogP contribution in [0.15, 0.2) is 0 Å². The van der Waals surface area contributed by atoms with Crippen LogP contribution in [0.1, 0.15) is 54.9 Å². The summed E-state index contributed by atoms with van der Waals surface area (Å²) in [5.41, 5.74) is 0.436. The van der Waals surface area contributed by atoms with E-state index < -0.39 is 8.56 Å². The van der Waals surface area contributed by atoms with Crippen LogP contribution in [-0.2, 0) is 13.6 Å². The highest BCUT2D eigenvalue weighted by Gasteiger charge is 2.63. The van der Waals surface area contributed by atoms with Gasteiger partial charge in [0, 0.05) is 12.2 Å². The first-order valence-corrected chi connectivity index (χ1v) is 9.12. The minimum Gasteiger partial charge on any atom is -0.391 e. The lowest BCUT2D eigenvalue weighted by molar-refractivity contribution is -0.0634. The molecule has 18 heavy (non-hydrogen) atoms. The Morgan fingerprint density at radius 3 is 1.61 bits per heavy atom. The van der Waals surface area contributed by atoms with Crippen molar-refractivity contribution in [3.8, 4) is 0 Å². The van der Waals surface area contributed by atoms with Crippen molar-refractivity contribution >= 4 is 8.56 Å². The SMILES string of the molecule is CCC1([Si](OC(C)C)(OC(C)C)C(C)C)COC1. The van der Waals surface area contributed by atoms with Crippen molar-refractivity contribution in [2.24, 2.45) is 0 Å². The van der Waals surface area contributed by atoms with Gasteiger partial charge in [-0.1, -0.05) is 20.8 Å². The van der Waals surface area contributed by atoms with Crippen LogP contribution in [0.3, 0.4) is 0 Å². The third kappa shape index (κ3) is 2.82. The largest absolute Gasteiger partial charge is 0.391 e. The fourth-order valence-electron chi connectivity index (χ4n) is 2.86. The van der Waals surface area contributed by atoms with Gasteiger partial charge in [-0.15, -0.1) is 0 Å². The van der Waals surface area contributed by atoms with E-state index in [1.807, 2.05) is 0 Å². The van der Waals surface area contributed by atoms with Crippen LogP contribution in [0.25, 0.3) is 0 Å². The van der Waals surface area contributed by atoms with E-state index in [1.165, 1.54) is 0 Å². The van der Waals surface area contributed by atoms with Crippen molar-refractivity contribution in [3.63, 3.8) is 0 Å². The van der Waals surface area contributed by atoms with E-state index in [2.05, 4.69) is 48.5 Å². The molecule has 1 rings (SSSR count). The molecular weight excluding hydrogens is 244 g/mol. The van der Waals surface area contributed by atoms with E-state index >= 15 is 0 Å². The summed E-state index contributed by atoms with van der Waals surface area (Å²) in [4.78, 5) is 0. The molecule has 108 valence electrons. The second kappa shape index (κ2) is 6.03. The molecule has 1 aliphatic heterocycles. The van der Waals surface area contributed by atoms with Crippen molar-refractivity contribution < 1.29 is 13.6 Å². The zero-order valence-electron chi connectivity index (χ0n) is 13.1. The molecule has 3 nitrogen and oxygen atoms in total. The highest BCUT2D eigenvalue weighted by atomic mass is 28.4. The van der Waals surface area contributed by atoms with Gasteiger partial charge in [0.1, 0.15) is 0 Å². The summed E-state index contributed by atoms with van der Waals surface area (Å²) >= 11 is 0. The monoisotopic (exact) mass is 274 g/mol. The average Bonchev–Trinajstić information content (AvgIpc) is 2.13. The molecular formula is C14H30O3Si. The summed E-state index contributed by atoms with van der Waals surface area (Å²) in [5, 5.41) is 0.135. The Morgan fingerprint density at radius 1 is 1.00 bits per heavy atom. The fraction of sp³-hybridized carbons (Fsp3) is 1.00. The van der Waals surface area contributed by atoms with E-state index in [1.54, 1.807) is 0 Å². The number of rotatable bonds is 7. The van der Waals surface area contributed by atoms with Gasteiger partial charge in [0.2, 0.25) is 0 Å². The lowest BCUT2D eigenvalue weighted by Gasteiger charge is -2.54. The third-order valence-corrected chi connectivity index (χ3v) is 9.04. The Hall–Kier alpha value is 0.0969. The second-order valence-corrected chi connectivity index (χ2v) is 10.3. The molecule has 0 atom stereocenters. The van der Waals surface area contributed by atoms with Gasteiger partial charge in [0.25, 0.3) is 0 Å². The van der Waals surface area contributed by atoms with Crippen molar-refractivity contribution in [1.82, 2.24) is 0 Å². The number of hydrogen-bond donors (Lipinski definition) is 0. The average molecular weight is 274 g/mol. The number of ether oxygens (including phenoxy) is 1. The summed E-state index contributed by atoms with van der Waals surface area (Å²) in [6.07, 6.45) is 1.50. The van der Waals surface area contributed by atoms with E-state index in [0.717, 1.165) is 19.6 Å². The summed E-state index contributed by atoms with van der Waals surface area (Å²) in [6.45, 7) is 16.8. The Kier molecular flexibility index (Phi) is 5.41. The van der Waals surface area contributed by atoms with Gasteiger partial charge in [-0.2, -0.15) is 0 Å². The maximum Gasteiger partial charge on any atom is 0.352 e. The summed E-state index contributed by atoms with van der Waals surface area (Å²) in [7, 11) is -2.29. The van der Waals surface area contributed by atoms with Gasteiger partial charge in [0.15, 0.2) is 0 Å². The predicted octanol–water partition coefficient (Wildman–Crippen LogP) is 3.87. The minimum atomic E-state index is -2.29. The molecule has 0 bridgehead atoms. The van der Waals surface area contributed by atoms with Gasteiger partial charge >= 0.3 is 8.56 Å². The first kappa shape index (κ1) is 16.2. The lowest BCUT2D eigenvalue weighted by Crippen LogP contribution is -2.65. The van der Waals surface area contributed by atoms with Crippen LogP contribution < -0.4 is 0 Å². The molecule has 0 amide bonds. The quantitative estimate of drug-likeness (QED) is 0.660. The third-order valence-electron chi connectivity index (χ3n) is 3.75. The zero-order valence-corrected chi connectivity index (χ0v) is 14.1. The molecule has 0 aromatic heterocycles. The number of hydrogen-bond acceptors (Lipinski definition) is 3. The fourth-order valence-corrected chi connectivity index (χ4v) is 7.69. The molecule has 1 heterocycles. The van der Waals surface area contributed by atoms with Gasteiger partial charge in [-0.25, -0.2) is 0 Å². The zero-order chi connectivity index (χ0) is 14.0. The van der Waals surface area contributed by atoms with Crippen LogP contribution in [0.5, 0.6) is 0 Å². The lowest BCUT2D eigenvalue weighted by atomic mass is 10.0. The summed E-state index contributed by atoms with van der Waals surface area (Å²) < 4.78 is 18.4. The second-order valence-electron chi connectivity index (χ2n) is 6.28. The van der Waals surface area contributed by atoms with Gasteiger partial charge in [-0.05, 0) is 39.7 Å². The highest BCUT2D eigenvalue weighted by Crippen LogP contribution is 2.54. The predicted molar refractivity (Wildman–Crippen MR) is 77.1 cm³/mol. The standard InChI is InChI=1S/C14H30O3Si/c1-8-14(9-15-10-14)18(13(6)7,16-11(2)3)17-12(4)5/h11-13H,8-10H2,1-7H3. The Bertz CT molecular complexity index is 244. The molecule has 0 spiro atoms. The van der Waals surface area contributed by atoms with Crippen LogP contribution in [0.2, 0.25) is 10.6 Å². The maximum atomic E-state index is 6.45. The van der Waals surface area contributed by atoms with E-state index in [4.69, 9.17) is 13.6 Å². The van der Waals surface area contributed by atoms with Gasteiger partial charge in [-0.3, -0.25) is 0 Å². The highest BCUT2D eigenvalue weighted by molar-refractivity contribution is 6.72. The molecule has 0 aliphatic carbocycles. The minimum absolute atomic E-state index is 0.135. The van der Waals surface area contributed by atoms with Gasteiger partial charge in [0.05, 0.1) is 18.3 Å². The molecule has 4 heteroatoms. The molecule has 0 aromatic carbocycles. The molecule has 0 saturated carbocycles. The van der Waals surface area contributed by atoms with E-state index in [-0.39, 0.29) is 17.2 Å². The molecule has 1 saturated heterocycles. The van der Waals surface area contributed by atoms with Crippen LogP contribution in [0.4, 0.5) is 0 Å².